The van der Waals surface area contributed by atoms with E-state index in [4.69, 9.17) is 10.5 Å². The van der Waals surface area contributed by atoms with Crippen LogP contribution in [0.2, 0.25) is 0 Å². The summed E-state index contributed by atoms with van der Waals surface area (Å²) < 4.78 is 5.69. The second-order valence-electron chi connectivity index (χ2n) is 4.63. The van der Waals surface area contributed by atoms with Crippen molar-refractivity contribution in [2.24, 2.45) is 5.73 Å². The number of hydrogen-bond acceptors (Lipinski definition) is 3. The van der Waals surface area contributed by atoms with E-state index in [1.807, 2.05) is 32.0 Å². The van der Waals surface area contributed by atoms with Gasteiger partial charge in [-0.15, -0.1) is 11.3 Å². The lowest BCUT2D eigenvalue weighted by atomic mass is 10.0. The minimum Gasteiger partial charge on any atom is -0.491 e. The molecule has 0 saturated heterocycles. The van der Waals surface area contributed by atoms with Gasteiger partial charge in [-0.25, -0.2) is 0 Å². The molecule has 18 heavy (non-hydrogen) atoms. The number of hydrogen-bond donors (Lipinski definition) is 1. The molecule has 0 bridgehead atoms. The number of benzene rings is 1. The van der Waals surface area contributed by atoms with Crippen LogP contribution in [0.25, 0.3) is 0 Å². The Labute approximate surface area is 112 Å². The molecule has 1 unspecified atom stereocenters. The second-order valence-corrected chi connectivity index (χ2v) is 5.66. The molecule has 2 nitrogen and oxygen atoms in total. The molecule has 0 spiro atoms. The first-order valence-electron chi connectivity index (χ1n) is 6.19. The van der Waals surface area contributed by atoms with Crippen molar-refractivity contribution in [2.75, 3.05) is 0 Å². The summed E-state index contributed by atoms with van der Waals surface area (Å²) in [5, 5.41) is 2.08. The maximum atomic E-state index is 6.24. The van der Waals surface area contributed by atoms with E-state index in [2.05, 4.69) is 23.6 Å². The zero-order chi connectivity index (χ0) is 13.0. The van der Waals surface area contributed by atoms with E-state index >= 15 is 0 Å². The van der Waals surface area contributed by atoms with Crippen molar-refractivity contribution in [3.05, 3.63) is 52.2 Å². The fourth-order valence-corrected chi connectivity index (χ4v) is 2.62. The average Bonchev–Trinajstić information content (AvgIpc) is 2.81. The Bertz CT molecular complexity index is 479. The zero-order valence-electron chi connectivity index (χ0n) is 10.8. The number of ether oxygens (including phenoxy) is 1. The normalized spacial score (nSPS) is 12.7. The van der Waals surface area contributed by atoms with Crippen molar-refractivity contribution in [3.63, 3.8) is 0 Å². The lowest BCUT2D eigenvalue weighted by Crippen LogP contribution is -2.13. The third-order valence-electron chi connectivity index (χ3n) is 2.66. The van der Waals surface area contributed by atoms with Crippen molar-refractivity contribution in [1.29, 1.82) is 0 Å². The molecule has 2 rings (SSSR count). The first-order chi connectivity index (χ1) is 8.65. The van der Waals surface area contributed by atoms with Gasteiger partial charge in [0.05, 0.1) is 6.10 Å². The monoisotopic (exact) mass is 261 g/mol. The summed E-state index contributed by atoms with van der Waals surface area (Å²) in [5.41, 5.74) is 7.36. The Hall–Kier alpha value is -1.32. The SMILES string of the molecule is CC(C)Oc1cccc(C(N)Cc2cccs2)c1. The van der Waals surface area contributed by atoms with Crippen LogP contribution < -0.4 is 10.5 Å². The van der Waals surface area contributed by atoms with Crippen molar-refractivity contribution in [2.45, 2.75) is 32.4 Å². The van der Waals surface area contributed by atoms with Crippen molar-refractivity contribution >= 4 is 11.3 Å². The van der Waals surface area contributed by atoms with Gasteiger partial charge in [-0.2, -0.15) is 0 Å². The zero-order valence-corrected chi connectivity index (χ0v) is 11.6. The Morgan fingerprint density at radius 3 is 2.72 bits per heavy atom. The van der Waals surface area contributed by atoms with Gasteiger partial charge in [0.2, 0.25) is 0 Å². The van der Waals surface area contributed by atoms with Crippen LogP contribution in [0.1, 0.15) is 30.3 Å². The van der Waals surface area contributed by atoms with Gasteiger partial charge < -0.3 is 10.5 Å². The number of thiophene rings is 1. The molecule has 0 amide bonds. The summed E-state index contributed by atoms with van der Waals surface area (Å²) in [4.78, 5) is 1.32. The molecule has 0 radical (unpaired) electrons. The van der Waals surface area contributed by atoms with E-state index in [1.54, 1.807) is 11.3 Å². The molecular formula is C15H19NOS. The van der Waals surface area contributed by atoms with E-state index in [-0.39, 0.29) is 12.1 Å². The molecule has 0 fully saturated rings. The molecule has 1 heterocycles. The summed E-state index contributed by atoms with van der Waals surface area (Å²) in [6, 6.07) is 12.3. The molecule has 2 N–H and O–H groups in total. The van der Waals surface area contributed by atoms with E-state index < -0.39 is 0 Å². The van der Waals surface area contributed by atoms with Gasteiger partial charge in [0.1, 0.15) is 5.75 Å². The van der Waals surface area contributed by atoms with Gasteiger partial charge in [-0.1, -0.05) is 18.2 Å². The van der Waals surface area contributed by atoms with Crippen LogP contribution in [0.5, 0.6) is 5.75 Å². The fraction of sp³-hybridized carbons (Fsp3) is 0.333. The summed E-state index contributed by atoms with van der Waals surface area (Å²) >= 11 is 1.75. The van der Waals surface area contributed by atoms with Crippen LogP contribution in [0.3, 0.4) is 0 Å². The largest absolute Gasteiger partial charge is 0.491 e. The van der Waals surface area contributed by atoms with Crippen molar-refractivity contribution in [3.8, 4) is 5.75 Å². The molecule has 0 aliphatic heterocycles. The van der Waals surface area contributed by atoms with Gasteiger partial charge >= 0.3 is 0 Å². The first-order valence-corrected chi connectivity index (χ1v) is 7.07. The third kappa shape index (κ3) is 3.59. The van der Waals surface area contributed by atoms with Crippen LogP contribution in [0.4, 0.5) is 0 Å². The lowest BCUT2D eigenvalue weighted by molar-refractivity contribution is 0.242. The van der Waals surface area contributed by atoms with Crippen LogP contribution >= 0.6 is 11.3 Å². The highest BCUT2D eigenvalue weighted by Gasteiger charge is 2.09. The van der Waals surface area contributed by atoms with Crippen LogP contribution in [0, 0.1) is 0 Å². The molecule has 2 aromatic rings. The van der Waals surface area contributed by atoms with Crippen LogP contribution in [-0.2, 0) is 6.42 Å². The van der Waals surface area contributed by atoms with Gasteiger partial charge in [0, 0.05) is 17.3 Å². The van der Waals surface area contributed by atoms with E-state index in [0.29, 0.717) is 0 Å². The maximum absolute atomic E-state index is 6.24. The van der Waals surface area contributed by atoms with E-state index in [1.165, 1.54) is 4.88 Å². The predicted molar refractivity (Wildman–Crippen MR) is 77.2 cm³/mol. The molecule has 96 valence electrons. The maximum Gasteiger partial charge on any atom is 0.120 e. The van der Waals surface area contributed by atoms with Crippen LogP contribution in [-0.4, -0.2) is 6.10 Å². The Morgan fingerprint density at radius 2 is 2.06 bits per heavy atom. The van der Waals surface area contributed by atoms with Gasteiger partial charge in [0.25, 0.3) is 0 Å². The minimum atomic E-state index is 0.0272. The fourth-order valence-electron chi connectivity index (χ4n) is 1.85. The van der Waals surface area contributed by atoms with E-state index in [0.717, 1.165) is 17.7 Å². The van der Waals surface area contributed by atoms with Crippen molar-refractivity contribution in [1.82, 2.24) is 0 Å². The Balaban J connectivity index is 2.07. The highest BCUT2D eigenvalue weighted by Crippen LogP contribution is 2.23. The highest BCUT2D eigenvalue weighted by atomic mass is 32.1. The lowest BCUT2D eigenvalue weighted by Gasteiger charge is -2.14. The Kier molecular flexibility index (Phi) is 4.39. The molecule has 0 saturated carbocycles. The minimum absolute atomic E-state index is 0.0272. The number of nitrogens with two attached hydrogens (primary N) is 1. The van der Waals surface area contributed by atoms with Gasteiger partial charge in [-0.05, 0) is 43.0 Å². The molecule has 1 atom stereocenters. The molecular weight excluding hydrogens is 242 g/mol. The average molecular weight is 261 g/mol. The number of rotatable bonds is 5. The van der Waals surface area contributed by atoms with Crippen molar-refractivity contribution < 1.29 is 4.74 Å². The summed E-state index contributed by atoms with van der Waals surface area (Å²) in [5.74, 6) is 0.893. The summed E-state index contributed by atoms with van der Waals surface area (Å²) in [7, 11) is 0. The smallest absolute Gasteiger partial charge is 0.120 e. The standard InChI is InChI=1S/C15H19NOS/c1-11(2)17-13-6-3-5-12(9-13)15(16)10-14-7-4-8-18-14/h3-9,11,15H,10,16H2,1-2H3. The van der Waals surface area contributed by atoms with Gasteiger partial charge in [0.15, 0.2) is 0 Å². The molecule has 0 aliphatic rings. The van der Waals surface area contributed by atoms with Crippen LogP contribution in [0.15, 0.2) is 41.8 Å². The Morgan fingerprint density at radius 1 is 1.22 bits per heavy atom. The molecule has 1 aromatic carbocycles. The second kappa shape index (κ2) is 6.03. The summed E-state index contributed by atoms with van der Waals surface area (Å²) in [6.07, 6.45) is 1.07. The first kappa shape index (κ1) is 13.1. The molecule has 3 heteroatoms. The third-order valence-corrected chi connectivity index (χ3v) is 3.56. The quantitative estimate of drug-likeness (QED) is 0.889. The highest BCUT2D eigenvalue weighted by molar-refractivity contribution is 7.09. The molecule has 0 aliphatic carbocycles. The van der Waals surface area contributed by atoms with E-state index in [9.17, 15) is 0 Å². The predicted octanol–water partition coefficient (Wildman–Crippen LogP) is 3.78. The van der Waals surface area contributed by atoms with Gasteiger partial charge in [-0.3, -0.25) is 0 Å². The molecule has 1 aromatic heterocycles. The topological polar surface area (TPSA) is 35.2 Å². The summed E-state index contributed by atoms with van der Waals surface area (Å²) in [6.45, 7) is 4.05.